The van der Waals surface area contributed by atoms with Gasteiger partial charge in [0.25, 0.3) is 0 Å². The molecule has 0 spiro atoms. The lowest BCUT2D eigenvalue weighted by Crippen LogP contribution is -2.11. The summed E-state index contributed by atoms with van der Waals surface area (Å²) in [6.07, 6.45) is 0. The lowest BCUT2D eigenvalue weighted by molar-refractivity contribution is 0.624. The molecule has 0 atom stereocenters. The topological polar surface area (TPSA) is 85.7 Å². The smallest absolute Gasteiger partial charge is 0.249 e. The number of hydrogen-bond acceptors (Lipinski definition) is 5. The van der Waals surface area contributed by atoms with E-state index in [0.29, 0.717) is 16.9 Å². The molecule has 4 rings (SSSR count). The SMILES string of the molecule is Cc1cc(-c2cc3ccc(=O)[nH]c3nc2-c2ccc(F)c(C#N)c2)cc(N(C)C)n1. The fourth-order valence-corrected chi connectivity index (χ4v) is 3.31. The Bertz CT molecular complexity index is 1380. The fraction of sp³-hybridized carbons (Fsp3) is 0.130. The van der Waals surface area contributed by atoms with Crippen LogP contribution in [0.5, 0.6) is 0 Å². The quantitative estimate of drug-likeness (QED) is 0.562. The number of nitrogens with one attached hydrogen (secondary N) is 1. The number of nitriles is 1. The molecule has 1 N–H and O–H groups in total. The normalized spacial score (nSPS) is 10.8. The molecule has 0 aliphatic carbocycles. The van der Waals surface area contributed by atoms with Crippen LogP contribution >= 0.6 is 0 Å². The zero-order valence-corrected chi connectivity index (χ0v) is 16.7. The van der Waals surface area contributed by atoms with Gasteiger partial charge in [-0.25, -0.2) is 14.4 Å². The summed E-state index contributed by atoms with van der Waals surface area (Å²) in [5, 5.41) is 10.0. The van der Waals surface area contributed by atoms with Crippen molar-refractivity contribution in [3.63, 3.8) is 0 Å². The van der Waals surface area contributed by atoms with Crippen molar-refractivity contribution in [3.05, 3.63) is 76.0 Å². The third kappa shape index (κ3) is 3.51. The Hall–Kier alpha value is -4.05. The van der Waals surface area contributed by atoms with E-state index in [2.05, 4.69) is 15.0 Å². The Kier molecular flexibility index (Phi) is 4.76. The van der Waals surface area contributed by atoms with Gasteiger partial charge in [0.1, 0.15) is 23.4 Å². The monoisotopic (exact) mass is 399 g/mol. The van der Waals surface area contributed by atoms with Crippen LogP contribution in [0.15, 0.2) is 53.3 Å². The van der Waals surface area contributed by atoms with Crippen LogP contribution in [-0.4, -0.2) is 29.0 Å². The van der Waals surface area contributed by atoms with E-state index in [4.69, 9.17) is 0 Å². The Morgan fingerprint density at radius 2 is 1.83 bits per heavy atom. The third-order valence-electron chi connectivity index (χ3n) is 4.78. The Balaban J connectivity index is 2.06. The average Bonchev–Trinajstić information content (AvgIpc) is 2.72. The molecular weight excluding hydrogens is 381 g/mol. The van der Waals surface area contributed by atoms with Crippen LogP contribution in [0.4, 0.5) is 10.2 Å². The number of hydrogen-bond donors (Lipinski definition) is 1. The first kappa shape index (κ1) is 19.3. The number of H-pyrrole nitrogens is 1. The summed E-state index contributed by atoms with van der Waals surface area (Å²) in [5.74, 6) is 0.195. The fourth-order valence-electron chi connectivity index (χ4n) is 3.31. The first-order valence-corrected chi connectivity index (χ1v) is 9.26. The van der Waals surface area contributed by atoms with Gasteiger partial charge < -0.3 is 9.88 Å². The molecule has 7 heteroatoms. The maximum absolute atomic E-state index is 13.9. The average molecular weight is 399 g/mol. The van der Waals surface area contributed by atoms with Crippen molar-refractivity contribution in [2.24, 2.45) is 0 Å². The van der Waals surface area contributed by atoms with Crippen LogP contribution in [0, 0.1) is 24.1 Å². The summed E-state index contributed by atoms with van der Waals surface area (Å²) in [7, 11) is 3.82. The van der Waals surface area contributed by atoms with Crippen LogP contribution < -0.4 is 10.5 Å². The van der Waals surface area contributed by atoms with Gasteiger partial charge >= 0.3 is 0 Å². The number of nitrogens with zero attached hydrogens (tertiary/aromatic N) is 4. The summed E-state index contributed by atoms with van der Waals surface area (Å²) in [6.45, 7) is 1.91. The van der Waals surface area contributed by atoms with Crippen LogP contribution in [0.25, 0.3) is 33.4 Å². The number of anilines is 1. The molecule has 0 radical (unpaired) electrons. The molecule has 0 amide bonds. The Labute approximate surface area is 172 Å². The maximum atomic E-state index is 13.9. The van der Waals surface area contributed by atoms with Crippen molar-refractivity contribution < 1.29 is 4.39 Å². The second-order valence-corrected chi connectivity index (χ2v) is 7.20. The van der Waals surface area contributed by atoms with Crippen molar-refractivity contribution in [2.75, 3.05) is 19.0 Å². The van der Waals surface area contributed by atoms with Gasteiger partial charge in [-0.2, -0.15) is 5.26 Å². The highest BCUT2D eigenvalue weighted by Crippen LogP contribution is 2.35. The molecule has 6 nitrogen and oxygen atoms in total. The predicted octanol–water partition coefficient (Wildman–Crippen LogP) is 4.04. The number of aryl methyl sites for hydroxylation is 1. The zero-order valence-electron chi connectivity index (χ0n) is 16.7. The number of pyridine rings is 3. The highest BCUT2D eigenvalue weighted by atomic mass is 19.1. The highest BCUT2D eigenvalue weighted by Gasteiger charge is 2.15. The van der Waals surface area contributed by atoms with E-state index < -0.39 is 5.82 Å². The molecule has 1 aromatic carbocycles. The van der Waals surface area contributed by atoms with Crippen LogP contribution in [0.1, 0.15) is 11.3 Å². The zero-order chi connectivity index (χ0) is 21.4. The van der Waals surface area contributed by atoms with E-state index in [1.54, 1.807) is 12.1 Å². The van der Waals surface area contributed by atoms with Crippen molar-refractivity contribution in [3.8, 4) is 28.5 Å². The van der Waals surface area contributed by atoms with Gasteiger partial charge in [0.05, 0.1) is 11.3 Å². The van der Waals surface area contributed by atoms with Crippen LogP contribution in [0.2, 0.25) is 0 Å². The van der Waals surface area contributed by atoms with E-state index in [1.807, 2.05) is 50.2 Å². The minimum atomic E-state index is -0.591. The summed E-state index contributed by atoms with van der Waals surface area (Å²) >= 11 is 0. The van der Waals surface area contributed by atoms with E-state index >= 15 is 0 Å². The summed E-state index contributed by atoms with van der Waals surface area (Å²) in [6, 6.07) is 15.1. The number of halogens is 1. The van der Waals surface area contributed by atoms with Gasteiger partial charge in [-0.15, -0.1) is 0 Å². The van der Waals surface area contributed by atoms with E-state index in [9.17, 15) is 14.4 Å². The molecular formula is C23H18FN5O. The molecule has 30 heavy (non-hydrogen) atoms. The van der Waals surface area contributed by atoms with Gasteiger partial charge in [-0.1, -0.05) is 0 Å². The van der Waals surface area contributed by atoms with Crippen LogP contribution in [-0.2, 0) is 0 Å². The molecule has 148 valence electrons. The van der Waals surface area contributed by atoms with Gasteiger partial charge in [-0.05, 0) is 55.0 Å². The minimum absolute atomic E-state index is 0.0678. The Morgan fingerprint density at radius 1 is 1.03 bits per heavy atom. The standard InChI is InChI=1S/C23H18FN5O/c1-13-8-16(11-20(26-13)29(2)3)18-10-15-5-7-21(30)27-23(15)28-22(18)14-4-6-19(24)17(9-14)12-25/h4-11H,1-3H3,(H,27,28,30). The van der Waals surface area contributed by atoms with Crippen LogP contribution in [0.3, 0.4) is 0 Å². The lowest BCUT2D eigenvalue weighted by atomic mass is 9.97. The molecule has 0 aliphatic heterocycles. The second-order valence-electron chi connectivity index (χ2n) is 7.20. The van der Waals surface area contributed by atoms with Gasteiger partial charge in [0, 0.05) is 42.4 Å². The lowest BCUT2D eigenvalue weighted by Gasteiger charge is -2.16. The van der Waals surface area contributed by atoms with E-state index in [1.165, 1.54) is 18.2 Å². The predicted molar refractivity (Wildman–Crippen MR) is 115 cm³/mol. The minimum Gasteiger partial charge on any atom is -0.363 e. The number of rotatable bonds is 3. The van der Waals surface area contributed by atoms with Crippen molar-refractivity contribution in [2.45, 2.75) is 6.92 Å². The number of benzene rings is 1. The second kappa shape index (κ2) is 7.41. The Morgan fingerprint density at radius 3 is 2.57 bits per heavy atom. The summed E-state index contributed by atoms with van der Waals surface area (Å²) in [5.41, 5.74) is 3.71. The summed E-state index contributed by atoms with van der Waals surface area (Å²) < 4.78 is 13.9. The molecule has 0 unspecified atom stereocenters. The number of aromatic nitrogens is 3. The summed E-state index contributed by atoms with van der Waals surface area (Å²) in [4.78, 5) is 25.6. The molecule has 0 aliphatic rings. The largest absolute Gasteiger partial charge is 0.363 e. The van der Waals surface area contributed by atoms with E-state index in [-0.39, 0.29) is 11.1 Å². The van der Waals surface area contributed by atoms with E-state index in [0.717, 1.165) is 28.0 Å². The van der Waals surface area contributed by atoms with Crippen molar-refractivity contribution in [1.29, 1.82) is 5.26 Å². The first-order valence-electron chi connectivity index (χ1n) is 9.26. The molecule has 0 saturated heterocycles. The maximum Gasteiger partial charge on any atom is 0.249 e. The van der Waals surface area contributed by atoms with Crippen molar-refractivity contribution in [1.82, 2.24) is 15.0 Å². The molecule has 4 aromatic rings. The molecule has 0 bridgehead atoms. The molecule has 0 fully saturated rings. The van der Waals surface area contributed by atoms with Gasteiger partial charge in [0.2, 0.25) is 5.56 Å². The highest BCUT2D eigenvalue weighted by molar-refractivity contribution is 5.90. The third-order valence-corrected chi connectivity index (χ3v) is 4.78. The van der Waals surface area contributed by atoms with Crippen molar-refractivity contribution >= 4 is 16.9 Å². The first-order chi connectivity index (χ1) is 14.4. The number of aromatic amines is 1. The molecule has 0 saturated carbocycles. The molecule has 3 aromatic heterocycles. The molecule has 3 heterocycles. The van der Waals surface area contributed by atoms with Gasteiger partial charge in [0.15, 0.2) is 0 Å². The number of fused-ring (bicyclic) bond motifs is 1. The van der Waals surface area contributed by atoms with Gasteiger partial charge in [-0.3, -0.25) is 4.79 Å².